The molecule has 1 aliphatic rings. The Hall–Kier alpha value is -2.34. The number of benzene rings is 1. The Labute approximate surface area is 161 Å². The van der Waals surface area contributed by atoms with Crippen molar-refractivity contribution in [3.05, 3.63) is 48.6 Å². The minimum atomic E-state index is -0.989. The van der Waals surface area contributed by atoms with Crippen LogP contribution in [0.2, 0.25) is 0 Å². The minimum absolute atomic E-state index is 0.0470. The van der Waals surface area contributed by atoms with E-state index in [2.05, 4.69) is 6.58 Å². The number of esters is 1. The van der Waals surface area contributed by atoms with Gasteiger partial charge in [-0.25, -0.2) is 9.59 Å². The van der Waals surface area contributed by atoms with Crippen molar-refractivity contribution in [2.45, 2.75) is 51.2 Å². The summed E-state index contributed by atoms with van der Waals surface area (Å²) in [5, 5.41) is 0. The molecule has 0 unspecified atom stereocenters. The highest BCUT2D eigenvalue weighted by Crippen LogP contribution is 2.43. The lowest BCUT2D eigenvalue weighted by Gasteiger charge is -2.33. The topological polar surface area (TPSA) is 65.1 Å². The predicted octanol–water partition coefficient (Wildman–Crippen LogP) is 3.70. The van der Waals surface area contributed by atoms with Crippen LogP contribution in [0.4, 0.5) is 4.79 Å². The summed E-state index contributed by atoms with van der Waals surface area (Å²) in [5.41, 5.74) is -0.380. The standard InChI is InChI=1S/C21H29NO5/c1-5-14-26-19(24)22(21(12-13-21)18(23)25-6-2)16-27-20(3,4)15-17-10-8-7-9-11-17/h5,7-11H,1,6,12-16H2,2-4H3. The van der Waals surface area contributed by atoms with Crippen molar-refractivity contribution in [2.75, 3.05) is 19.9 Å². The molecule has 0 aromatic heterocycles. The highest BCUT2D eigenvalue weighted by atomic mass is 16.6. The van der Waals surface area contributed by atoms with E-state index in [4.69, 9.17) is 14.2 Å². The number of amides is 1. The summed E-state index contributed by atoms with van der Waals surface area (Å²) < 4.78 is 16.4. The lowest BCUT2D eigenvalue weighted by atomic mass is 9.98. The second-order valence-corrected chi connectivity index (χ2v) is 7.24. The van der Waals surface area contributed by atoms with Crippen molar-refractivity contribution in [2.24, 2.45) is 0 Å². The lowest BCUT2D eigenvalue weighted by molar-refractivity contribution is -0.156. The van der Waals surface area contributed by atoms with Gasteiger partial charge in [-0.3, -0.25) is 4.90 Å². The molecule has 1 saturated carbocycles. The number of rotatable bonds is 10. The van der Waals surface area contributed by atoms with Gasteiger partial charge in [-0.2, -0.15) is 0 Å². The van der Waals surface area contributed by atoms with E-state index in [9.17, 15) is 9.59 Å². The van der Waals surface area contributed by atoms with Crippen LogP contribution in [-0.2, 0) is 25.4 Å². The zero-order valence-corrected chi connectivity index (χ0v) is 16.4. The zero-order valence-electron chi connectivity index (χ0n) is 16.4. The molecule has 0 radical (unpaired) electrons. The van der Waals surface area contributed by atoms with Gasteiger partial charge in [0.1, 0.15) is 18.9 Å². The first kappa shape index (κ1) is 21.0. The Kier molecular flexibility index (Phi) is 7.02. The first-order valence-electron chi connectivity index (χ1n) is 9.25. The molecule has 6 nitrogen and oxygen atoms in total. The predicted molar refractivity (Wildman–Crippen MR) is 102 cm³/mol. The molecule has 0 heterocycles. The third-order valence-electron chi connectivity index (χ3n) is 4.50. The van der Waals surface area contributed by atoms with Gasteiger partial charge in [-0.05, 0) is 39.2 Å². The molecule has 1 aromatic carbocycles. The fourth-order valence-corrected chi connectivity index (χ4v) is 2.90. The van der Waals surface area contributed by atoms with Crippen LogP contribution in [0.3, 0.4) is 0 Å². The van der Waals surface area contributed by atoms with E-state index in [-0.39, 0.29) is 19.9 Å². The highest BCUT2D eigenvalue weighted by Gasteiger charge is 2.59. The second-order valence-electron chi connectivity index (χ2n) is 7.24. The second kappa shape index (κ2) is 9.04. The Morgan fingerprint density at radius 2 is 1.89 bits per heavy atom. The quantitative estimate of drug-likeness (QED) is 0.354. The largest absolute Gasteiger partial charge is 0.464 e. The van der Waals surface area contributed by atoms with Gasteiger partial charge in [0, 0.05) is 6.42 Å². The van der Waals surface area contributed by atoms with Crippen LogP contribution in [0.5, 0.6) is 0 Å². The molecule has 2 rings (SSSR count). The van der Waals surface area contributed by atoms with Gasteiger partial charge in [0.2, 0.25) is 0 Å². The number of hydrogen-bond acceptors (Lipinski definition) is 5. The first-order valence-corrected chi connectivity index (χ1v) is 9.25. The maximum atomic E-state index is 12.5. The van der Waals surface area contributed by atoms with Gasteiger partial charge in [-0.15, -0.1) is 0 Å². The minimum Gasteiger partial charge on any atom is -0.464 e. The average Bonchev–Trinajstić information content (AvgIpc) is 3.42. The van der Waals surface area contributed by atoms with Crippen molar-refractivity contribution in [1.82, 2.24) is 4.90 Å². The maximum Gasteiger partial charge on any atom is 0.412 e. The molecule has 1 fully saturated rings. The monoisotopic (exact) mass is 375 g/mol. The number of carbonyl (C=O) groups is 2. The van der Waals surface area contributed by atoms with E-state index >= 15 is 0 Å². The molecule has 0 aliphatic heterocycles. The third kappa shape index (κ3) is 5.57. The summed E-state index contributed by atoms with van der Waals surface area (Å²) in [7, 11) is 0. The van der Waals surface area contributed by atoms with Crippen LogP contribution in [0.1, 0.15) is 39.2 Å². The lowest BCUT2D eigenvalue weighted by Crippen LogP contribution is -2.51. The van der Waals surface area contributed by atoms with Crippen LogP contribution in [0, 0.1) is 0 Å². The molecule has 1 aromatic rings. The van der Waals surface area contributed by atoms with Crippen LogP contribution in [0.25, 0.3) is 0 Å². The molecule has 1 aliphatic carbocycles. The van der Waals surface area contributed by atoms with Crippen LogP contribution < -0.4 is 0 Å². The van der Waals surface area contributed by atoms with E-state index < -0.39 is 23.2 Å². The zero-order chi connectivity index (χ0) is 19.9. The summed E-state index contributed by atoms with van der Waals surface area (Å²) in [5.74, 6) is -0.412. The molecule has 1 amide bonds. The van der Waals surface area contributed by atoms with E-state index in [0.717, 1.165) is 5.56 Å². The van der Waals surface area contributed by atoms with Crippen molar-refractivity contribution in [3.63, 3.8) is 0 Å². The fraction of sp³-hybridized carbons (Fsp3) is 0.524. The van der Waals surface area contributed by atoms with E-state index in [1.165, 1.54) is 11.0 Å². The molecule has 0 spiro atoms. The fourth-order valence-electron chi connectivity index (χ4n) is 2.90. The van der Waals surface area contributed by atoms with Gasteiger partial charge in [0.25, 0.3) is 0 Å². The summed E-state index contributed by atoms with van der Waals surface area (Å²) in [6.45, 7) is 9.49. The smallest absolute Gasteiger partial charge is 0.412 e. The number of ether oxygens (including phenoxy) is 3. The summed E-state index contributed by atoms with van der Waals surface area (Å²) >= 11 is 0. The SMILES string of the molecule is C=CCOC(=O)N(COC(C)(C)Cc1ccccc1)C1(C(=O)OCC)CC1. The van der Waals surface area contributed by atoms with Gasteiger partial charge in [0.15, 0.2) is 0 Å². The molecular weight excluding hydrogens is 346 g/mol. The first-order chi connectivity index (χ1) is 12.8. The van der Waals surface area contributed by atoms with E-state index in [1.807, 2.05) is 44.2 Å². The molecule has 0 saturated heterocycles. The average molecular weight is 375 g/mol. The van der Waals surface area contributed by atoms with E-state index in [0.29, 0.717) is 19.3 Å². The summed E-state index contributed by atoms with van der Waals surface area (Å²) in [6.07, 6.45) is 2.64. The molecule has 27 heavy (non-hydrogen) atoms. The molecule has 148 valence electrons. The third-order valence-corrected chi connectivity index (χ3v) is 4.50. The maximum absolute atomic E-state index is 12.5. The van der Waals surface area contributed by atoms with Crippen LogP contribution >= 0.6 is 0 Å². The molecule has 0 atom stereocenters. The molecule has 6 heteroatoms. The number of nitrogens with zero attached hydrogens (tertiary/aromatic N) is 1. The van der Waals surface area contributed by atoms with Gasteiger partial charge >= 0.3 is 12.1 Å². The van der Waals surface area contributed by atoms with Crippen molar-refractivity contribution in [3.8, 4) is 0 Å². The van der Waals surface area contributed by atoms with Crippen molar-refractivity contribution >= 4 is 12.1 Å². The Balaban J connectivity index is 2.08. The summed E-state index contributed by atoms with van der Waals surface area (Å²) in [4.78, 5) is 26.3. The van der Waals surface area contributed by atoms with Crippen LogP contribution in [-0.4, -0.2) is 48.0 Å². The Morgan fingerprint density at radius 3 is 2.44 bits per heavy atom. The van der Waals surface area contributed by atoms with Crippen LogP contribution in [0.15, 0.2) is 43.0 Å². The Morgan fingerprint density at radius 1 is 1.22 bits per heavy atom. The highest BCUT2D eigenvalue weighted by molar-refractivity contribution is 5.88. The van der Waals surface area contributed by atoms with Gasteiger partial charge in [0.05, 0.1) is 12.2 Å². The van der Waals surface area contributed by atoms with Crippen molar-refractivity contribution in [1.29, 1.82) is 0 Å². The van der Waals surface area contributed by atoms with E-state index in [1.54, 1.807) is 6.92 Å². The molecule has 0 bridgehead atoms. The van der Waals surface area contributed by atoms with Crippen molar-refractivity contribution < 1.29 is 23.8 Å². The number of carbonyl (C=O) groups excluding carboxylic acids is 2. The summed E-state index contributed by atoms with van der Waals surface area (Å²) in [6, 6.07) is 9.98. The molecular formula is C21H29NO5. The van der Waals surface area contributed by atoms with Gasteiger partial charge in [-0.1, -0.05) is 43.0 Å². The normalized spacial score (nSPS) is 14.9. The number of hydrogen-bond donors (Lipinski definition) is 0. The van der Waals surface area contributed by atoms with Gasteiger partial charge < -0.3 is 14.2 Å². The Bertz CT molecular complexity index is 652. The molecule has 0 N–H and O–H groups in total.